The monoisotopic (exact) mass is 423 g/mol. The quantitative estimate of drug-likeness (QED) is 0.407. The number of hydrogen-bond acceptors (Lipinski definition) is 4. The van der Waals surface area contributed by atoms with Crippen LogP contribution < -0.4 is 14.8 Å². The maximum atomic E-state index is 13.0. The second-order valence-electron chi connectivity index (χ2n) is 7.00. The molecule has 0 aliphatic heterocycles. The van der Waals surface area contributed by atoms with E-state index < -0.39 is 0 Å². The number of anilines is 1. The lowest BCUT2D eigenvalue weighted by molar-refractivity contribution is 0.0976. The van der Waals surface area contributed by atoms with Crippen LogP contribution in [0, 0.1) is 0 Å². The Kier molecular flexibility index (Phi) is 7.36. The van der Waals surface area contributed by atoms with Crippen LogP contribution in [0.4, 0.5) is 5.69 Å². The summed E-state index contributed by atoms with van der Waals surface area (Å²) in [6.45, 7) is 2.12. The minimum Gasteiger partial charge on any atom is -0.493 e. The average Bonchev–Trinajstić information content (AvgIpc) is 2.79. The predicted octanol–water partition coefficient (Wildman–Crippen LogP) is 6.35. The van der Waals surface area contributed by atoms with Crippen molar-refractivity contribution in [1.82, 2.24) is 0 Å². The third kappa shape index (κ3) is 5.33. The number of benzene rings is 3. The molecule has 0 aliphatic rings. The van der Waals surface area contributed by atoms with Crippen LogP contribution in [-0.2, 0) is 6.42 Å². The van der Waals surface area contributed by atoms with Crippen molar-refractivity contribution < 1.29 is 14.3 Å². The molecule has 3 aromatic rings. The Morgan fingerprint density at radius 3 is 2.20 bits per heavy atom. The van der Waals surface area contributed by atoms with Crippen molar-refractivity contribution in [2.45, 2.75) is 25.8 Å². The van der Waals surface area contributed by atoms with Crippen molar-refractivity contribution in [3.8, 4) is 11.5 Å². The number of ether oxygens (including phenoxy) is 2. The minimum atomic E-state index is -0.236. The Hall–Kier alpha value is -2.98. The van der Waals surface area contributed by atoms with Crippen molar-refractivity contribution in [2.24, 2.45) is 0 Å². The average molecular weight is 424 g/mol. The number of hydrogen-bond donors (Lipinski definition) is 1. The number of methoxy groups -OCH3 is 2. The zero-order valence-corrected chi connectivity index (χ0v) is 18.2. The number of ketones is 1. The summed E-state index contributed by atoms with van der Waals surface area (Å²) >= 11 is 5.96. The molecule has 30 heavy (non-hydrogen) atoms. The zero-order chi connectivity index (χ0) is 21.5. The third-order valence-electron chi connectivity index (χ3n) is 5.07. The highest BCUT2D eigenvalue weighted by atomic mass is 35.5. The molecule has 0 radical (unpaired) electrons. The molecule has 1 unspecified atom stereocenters. The first-order chi connectivity index (χ1) is 14.5. The van der Waals surface area contributed by atoms with Gasteiger partial charge in [-0.3, -0.25) is 4.79 Å². The molecule has 0 saturated heterocycles. The highest BCUT2D eigenvalue weighted by Crippen LogP contribution is 2.33. The molecule has 3 rings (SSSR count). The number of aryl methyl sites for hydroxylation is 1. The van der Waals surface area contributed by atoms with Crippen LogP contribution in [0.3, 0.4) is 0 Å². The topological polar surface area (TPSA) is 47.6 Å². The lowest BCUT2D eigenvalue weighted by atomic mass is 9.97. The molecule has 5 heteroatoms. The minimum absolute atomic E-state index is 0.0316. The van der Waals surface area contributed by atoms with Gasteiger partial charge in [-0.25, -0.2) is 0 Å². The van der Waals surface area contributed by atoms with E-state index in [0.717, 1.165) is 17.7 Å². The number of carbonyl (C=O) groups excluding carboxylic acids is 1. The fourth-order valence-corrected chi connectivity index (χ4v) is 3.42. The number of Topliss-reactive ketones (excluding diaryl/α,β-unsaturated/α-hetero) is 1. The molecule has 1 N–H and O–H groups in total. The first kappa shape index (κ1) is 21.7. The van der Waals surface area contributed by atoms with E-state index in [1.165, 1.54) is 5.56 Å². The predicted molar refractivity (Wildman–Crippen MR) is 122 cm³/mol. The maximum absolute atomic E-state index is 13.0. The molecule has 156 valence electrons. The Morgan fingerprint density at radius 1 is 0.933 bits per heavy atom. The molecule has 0 bridgehead atoms. The highest BCUT2D eigenvalue weighted by molar-refractivity contribution is 6.30. The number of nitrogens with one attached hydrogen (secondary N) is 1. The Balaban J connectivity index is 1.90. The van der Waals surface area contributed by atoms with Gasteiger partial charge >= 0.3 is 0 Å². The van der Waals surface area contributed by atoms with Crippen LogP contribution in [0.2, 0.25) is 5.02 Å². The Morgan fingerprint density at radius 2 is 1.60 bits per heavy atom. The molecule has 0 heterocycles. The first-order valence-corrected chi connectivity index (χ1v) is 10.3. The van der Waals surface area contributed by atoms with E-state index in [-0.39, 0.29) is 18.2 Å². The summed E-state index contributed by atoms with van der Waals surface area (Å²) in [4.78, 5) is 13.0. The van der Waals surface area contributed by atoms with Gasteiger partial charge < -0.3 is 14.8 Å². The van der Waals surface area contributed by atoms with E-state index in [2.05, 4.69) is 24.4 Å². The van der Waals surface area contributed by atoms with Crippen LogP contribution in [0.15, 0.2) is 66.7 Å². The van der Waals surface area contributed by atoms with Crippen molar-refractivity contribution >= 4 is 23.1 Å². The molecular formula is C25H26ClNO3. The molecule has 0 aliphatic carbocycles. The summed E-state index contributed by atoms with van der Waals surface area (Å²) in [6.07, 6.45) is 1.26. The molecule has 3 aromatic carbocycles. The van der Waals surface area contributed by atoms with Crippen molar-refractivity contribution in [3.05, 3.63) is 88.4 Å². The lowest BCUT2D eigenvalue weighted by Crippen LogP contribution is -2.16. The second-order valence-corrected chi connectivity index (χ2v) is 7.43. The standard InChI is InChI=1S/C25H26ClNO3/c1-4-17-5-12-21(13-6-17)27-22(16-23(28)18-7-10-20(26)11-8-18)19-9-14-24(29-2)25(15-19)30-3/h5-15,22,27H,4,16H2,1-3H3. The van der Waals surface area contributed by atoms with Gasteiger partial charge in [0.05, 0.1) is 20.3 Å². The first-order valence-electron chi connectivity index (χ1n) is 9.90. The fourth-order valence-electron chi connectivity index (χ4n) is 3.30. The zero-order valence-electron chi connectivity index (χ0n) is 17.4. The summed E-state index contributed by atoms with van der Waals surface area (Å²) in [6, 6.07) is 20.7. The number of halogens is 1. The van der Waals surface area contributed by atoms with E-state index in [0.29, 0.717) is 22.1 Å². The van der Waals surface area contributed by atoms with Crippen molar-refractivity contribution in [2.75, 3.05) is 19.5 Å². The molecule has 0 aromatic heterocycles. The second kappa shape index (κ2) is 10.2. The van der Waals surface area contributed by atoms with Gasteiger partial charge in [0.1, 0.15) is 0 Å². The van der Waals surface area contributed by atoms with Gasteiger partial charge in [-0.2, -0.15) is 0 Å². The molecule has 0 saturated carbocycles. The van der Waals surface area contributed by atoms with E-state index in [9.17, 15) is 4.79 Å². The summed E-state index contributed by atoms with van der Waals surface area (Å²) in [5.41, 5.74) is 3.79. The SMILES string of the molecule is CCc1ccc(NC(CC(=O)c2ccc(Cl)cc2)c2ccc(OC)c(OC)c2)cc1. The van der Waals surface area contributed by atoms with Crippen LogP contribution >= 0.6 is 11.6 Å². The van der Waals surface area contributed by atoms with Gasteiger partial charge in [-0.05, 0) is 66.1 Å². The van der Waals surface area contributed by atoms with Crippen molar-refractivity contribution in [3.63, 3.8) is 0 Å². The normalized spacial score (nSPS) is 11.6. The van der Waals surface area contributed by atoms with E-state index in [1.807, 2.05) is 30.3 Å². The molecule has 0 fully saturated rings. The highest BCUT2D eigenvalue weighted by Gasteiger charge is 2.19. The summed E-state index contributed by atoms with van der Waals surface area (Å²) in [5.74, 6) is 1.31. The summed E-state index contributed by atoms with van der Waals surface area (Å²) in [7, 11) is 3.21. The van der Waals surface area contributed by atoms with Crippen LogP contribution in [0.1, 0.15) is 40.9 Å². The molecule has 1 atom stereocenters. The van der Waals surface area contributed by atoms with Crippen LogP contribution in [0.5, 0.6) is 11.5 Å². The molecule has 0 amide bonds. The van der Waals surface area contributed by atoms with Gasteiger partial charge in [0.2, 0.25) is 0 Å². The van der Waals surface area contributed by atoms with Gasteiger partial charge in [0.15, 0.2) is 17.3 Å². The van der Waals surface area contributed by atoms with Gasteiger partial charge in [0.25, 0.3) is 0 Å². The molecule has 0 spiro atoms. The number of rotatable bonds is 9. The lowest BCUT2D eigenvalue weighted by Gasteiger charge is -2.21. The van der Waals surface area contributed by atoms with Crippen LogP contribution in [-0.4, -0.2) is 20.0 Å². The summed E-state index contributed by atoms with van der Waals surface area (Å²) < 4.78 is 10.8. The van der Waals surface area contributed by atoms with E-state index >= 15 is 0 Å². The Labute approximate surface area is 182 Å². The fraction of sp³-hybridized carbons (Fsp3) is 0.240. The molecular weight excluding hydrogens is 398 g/mol. The molecule has 4 nitrogen and oxygen atoms in total. The maximum Gasteiger partial charge on any atom is 0.165 e. The summed E-state index contributed by atoms with van der Waals surface area (Å²) in [5, 5.41) is 4.11. The number of carbonyl (C=O) groups is 1. The smallest absolute Gasteiger partial charge is 0.165 e. The van der Waals surface area contributed by atoms with Crippen molar-refractivity contribution in [1.29, 1.82) is 0 Å². The largest absolute Gasteiger partial charge is 0.493 e. The van der Waals surface area contributed by atoms with Gasteiger partial charge in [-0.1, -0.05) is 36.7 Å². The van der Waals surface area contributed by atoms with E-state index in [1.54, 1.807) is 38.5 Å². The van der Waals surface area contributed by atoms with Crippen LogP contribution in [0.25, 0.3) is 0 Å². The third-order valence-corrected chi connectivity index (χ3v) is 5.32. The Bertz CT molecular complexity index is 984. The van der Waals surface area contributed by atoms with E-state index in [4.69, 9.17) is 21.1 Å². The van der Waals surface area contributed by atoms with Gasteiger partial charge in [-0.15, -0.1) is 0 Å². The van der Waals surface area contributed by atoms with Gasteiger partial charge in [0, 0.05) is 22.7 Å².